The van der Waals surface area contributed by atoms with Crippen LogP contribution >= 0.6 is 0 Å². The summed E-state index contributed by atoms with van der Waals surface area (Å²) < 4.78 is 0. The minimum Gasteiger partial charge on any atom is -0.481 e. The molecule has 1 aliphatic carbocycles. The average Bonchev–Trinajstić information content (AvgIpc) is 2.85. The third kappa shape index (κ3) is 4.90. The molecule has 0 spiro atoms. The standard InChI is InChI=1S/C31H36O2/c1-3-7-23-11-15-25(16-12-23)28-9-5-6-10-29(28)26-19-21-31(22-20-26,30(32)33)27-17-13-24(8-4-2)14-18-27/h5-6,9-18,26H,3-4,7-8,19-22H2,1-2H3,(H,32,33). The third-order valence-electron chi connectivity index (χ3n) is 7.50. The number of aryl methyl sites for hydroxylation is 2. The SMILES string of the molecule is CCCc1ccc(-c2ccccc2C2CCC(C(=O)O)(c3ccc(CCC)cc3)CC2)cc1. The highest BCUT2D eigenvalue weighted by atomic mass is 16.4. The van der Waals surface area contributed by atoms with Crippen LogP contribution in [0.4, 0.5) is 0 Å². The van der Waals surface area contributed by atoms with Crippen LogP contribution in [0.1, 0.15) is 80.5 Å². The van der Waals surface area contributed by atoms with Gasteiger partial charge >= 0.3 is 5.97 Å². The van der Waals surface area contributed by atoms with Gasteiger partial charge in [0.2, 0.25) is 0 Å². The third-order valence-corrected chi connectivity index (χ3v) is 7.50. The van der Waals surface area contributed by atoms with E-state index in [1.807, 2.05) is 0 Å². The lowest BCUT2D eigenvalue weighted by molar-refractivity contribution is -0.145. The number of hydrogen-bond donors (Lipinski definition) is 1. The van der Waals surface area contributed by atoms with Crippen molar-refractivity contribution >= 4 is 5.97 Å². The number of aliphatic carboxylic acids is 1. The lowest BCUT2D eigenvalue weighted by Gasteiger charge is -2.38. The van der Waals surface area contributed by atoms with E-state index in [0.717, 1.165) is 44.1 Å². The fourth-order valence-corrected chi connectivity index (χ4v) is 5.58. The van der Waals surface area contributed by atoms with Crippen molar-refractivity contribution in [2.24, 2.45) is 0 Å². The van der Waals surface area contributed by atoms with Crippen LogP contribution in [0.3, 0.4) is 0 Å². The summed E-state index contributed by atoms with van der Waals surface area (Å²) in [5.41, 5.74) is 6.77. The molecule has 1 fully saturated rings. The average molecular weight is 441 g/mol. The van der Waals surface area contributed by atoms with E-state index in [-0.39, 0.29) is 0 Å². The van der Waals surface area contributed by atoms with Gasteiger partial charge in [0.25, 0.3) is 0 Å². The second kappa shape index (κ2) is 10.4. The van der Waals surface area contributed by atoms with Gasteiger partial charge in [-0.3, -0.25) is 4.79 Å². The van der Waals surface area contributed by atoms with Crippen LogP contribution in [-0.2, 0) is 23.1 Å². The van der Waals surface area contributed by atoms with Crippen molar-refractivity contribution in [1.82, 2.24) is 0 Å². The summed E-state index contributed by atoms with van der Waals surface area (Å²) in [5, 5.41) is 10.3. The fraction of sp³-hybridized carbons (Fsp3) is 0.387. The van der Waals surface area contributed by atoms with E-state index in [9.17, 15) is 9.90 Å². The van der Waals surface area contributed by atoms with E-state index in [1.54, 1.807) is 0 Å². The number of carbonyl (C=O) groups is 1. The smallest absolute Gasteiger partial charge is 0.314 e. The molecule has 0 aliphatic heterocycles. The highest BCUT2D eigenvalue weighted by Crippen LogP contribution is 2.47. The van der Waals surface area contributed by atoms with Crippen LogP contribution in [0, 0.1) is 0 Å². The lowest BCUT2D eigenvalue weighted by atomic mass is 9.65. The van der Waals surface area contributed by atoms with Crippen LogP contribution in [0.25, 0.3) is 11.1 Å². The van der Waals surface area contributed by atoms with Gasteiger partial charge in [-0.05, 0) is 77.8 Å². The van der Waals surface area contributed by atoms with Gasteiger partial charge in [-0.15, -0.1) is 0 Å². The van der Waals surface area contributed by atoms with Crippen molar-refractivity contribution in [3.63, 3.8) is 0 Å². The first-order valence-electron chi connectivity index (χ1n) is 12.6. The summed E-state index contributed by atoms with van der Waals surface area (Å²) in [6.07, 6.45) is 7.58. The van der Waals surface area contributed by atoms with Crippen molar-refractivity contribution in [2.45, 2.75) is 76.5 Å². The molecule has 33 heavy (non-hydrogen) atoms. The zero-order valence-corrected chi connectivity index (χ0v) is 20.0. The summed E-state index contributed by atoms with van der Waals surface area (Å²) in [6.45, 7) is 4.38. The molecule has 4 rings (SSSR count). The molecule has 1 N–H and O–H groups in total. The minimum absolute atomic E-state index is 0.392. The highest BCUT2D eigenvalue weighted by Gasteiger charge is 2.43. The van der Waals surface area contributed by atoms with E-state index in [0.29, 0.717) is 18.8 Å². The molecule has 3 aromatic carbocycles. The predicted octanol–water partition coefficient (Wildman–Crippen LogP) is 7.94. The molecule has 0 unspecified atom stereocenters. The van der Waals surface area contributed by atoms with Gasteiger partial charge in [-0.2, -0.15) is 0 Å². The first kappa shape index (κ1) is 23.3. The van der Waals surface area contributed by atoms with Gasteiger partial charge in [0, 0.05) is 0 Å². The molecule has 3 aromatic rings. The maximum Gasteiger partial charge on any atom is 0.314 e. The van der Waals surface area contributed by atoms with Crippen LogP contribution in [0.15, 0.2) is 72.8 Å². The van der Waals surface area contributed by atoms with Gasteiger partial charge in [-0.25, -0.2) is 0 Å². The van der Waals surface area contributed by atoms with Crippen molar-refractivity contribution in [1.29, 1.82) is 0 Å². The molecule has 0 saturated heterocycles. The molecule has 1 aliphatic rings. The van der Waals surface area contributed by atoms with E-state index in [4.69, 9.17) is 0 Å². The summed E-state index contributed by atoms with van der Waals surface area (Å²) >= 11 is 0. The molecule has 1 saturated carbocycles. The lowest BCUT2D eigenvalue weighted by Crippen LogP contribution is -2.39. The zero-order chi connectivity index (χ0) is 23.3. The summed E-state index contributed by atoms with van der Waals surface area (Å²) in [7, 11) is 0. The van der Waals surface area contributed by atoms with Crippen molar-refractivity contribution in [2.75, 3.05) is 0 Å². The second-order valence-electron chi connectivity index (χ2n) is 9.64. The van der Waals surface area contributed by atoms with E-state index in [1.165, 1.54) is 27.8 Å². The van der Waals surface area contributed by atoms with Gasteiger partial charge in [0.05, 0.1) is 5.41 Å². The molecule has 0 bridgehead atoms. The summed E-state index contributed by atoms with van der Waals surface area (Å²) in [6, 6.07) is 26.0. The van der Waals surface area contributed by atoms with E-state index in [2.05, 4.69) is 86.6 Å². The Kier molecular flexibility index (Phi) is 7.33. The van der Waals surface area contributed by atoms with Crippen molar-refractivity contribution in [3.8, 4) is 11.1 Å². The molecule has 0 amide bonds. The zero-order valence-electron chi connectivity index (χ0n) is 20.0. The van der Waals surface area contributed by atoms with Gasteiger partial charge in [0.1, 0.15) is 0 Å². The summed E-state index contributed by atoms with van der Waals surface area (Å²) in [5.74, 6) is -0.285. The molecular formula is C31H36O2. The Morgan fingerprint density at radius 3 is 1.91 bits per heavy atom. The first-order valence-corrected chi connectivity index (χ1v) is 12.6. The van der Waals surface area contributed by atoms with Gasteiger partial charge in [-0.1, -0.05) is 99.5 Å². The minimum atomic E-state index is -0.766. The number of benzene rings is 3. The molecule has 0 heterocycles. The normalized spacial score (nSPS) is 20.5. The quantitative estimate of drug-likeness (QED) is 0.386. The molecule has 2 heteroatoms. The topological polar surface area (TPSA) is 37.3 Å². The maximum absolute atomic E-state index is 12.5. The largest absolute Gasteiger partial charge is 0.481 e. The maximum atomic E-state index is 12.5. The second-order valence-corrected chi connectivity index (χ2v) is 9.64. The predicted molar refractivity (Wildman–Crippen MR) is 137 cm³/mol. The Morgan fingerprint density at radius 1 is 0.818 bits per heavy atom. The van der Waals surface area contributed by atoms with Crippen LogP contribution in [-0.4, -0.2) is 11.1 Å². The highest BCUT2D eigenvalue weighted by molar-refractivity contribution is 5.81. The molecule has 0 atom stereocenters. The van der Waals surface area contributed by atoms with Crippen LogP contribution < -0.4 is 0 Å². The molecule has 172 valence electrons. The van der Waals surface area contributed by atoms with Gasteiger partial charge in [0.15, 0.2) is 0 Å². The fourth-order valence-electron chi connectivity index (χ4n) is 5.58. The monoisotopic (exact) mass is 440 g/mol. The van der Waals surface area contributed by atoms with E-state index >= 15 is 0 Å². The number of carboxylic acids is 1. The molecule has 0 radical (unpaired) electrons. The Balaban J connectivity index is 1.56. The first-order chi connectivity index (χ1) is 16.1. The number of rotatable bonds is 8. The Labute approximate surface area is 198 Å². The van der Waals surface area contributed by atoms with Crippen LogP contribution in [0.2, 0.25) is 0 Å². The molecule has 2 nitrogen and oxygen atoms in total. The number of carboxylic acid groups (broad SMARTS) is 1. The van der Waals surface area contributed by atoms with Crippen molar-refractivity contribution < 1.29 is 9.90 Å². The summed E-state index contributed by atoms with van der Waals surface area (Å²) in [4.78, 5) is 12.5. The Bertz CT molecular complexity index is 1050. The molecular weight excluding hydrogens is 404 g/mol. The van der Waals surface area contributed by atoms with Crippen LogP contribution in [0.5, 0.6) is 0 Å². The van der Waals surface area contributed by atoms with Crippen molar-refractivity contribution in [3.05, 3.63) is 95.1 Å². The number of hydrogen-bond acceptors (Lipinski definition) is 1. The van der Waals surface area contributed by atoms with E-state index < -0.39 is 11.4 Å². The Morgan fingerprint density at radius 2 is 1.36 bits per heavy atom. The molecule has 0 aromatic heterocycles. The van der Waals surface area contributed by atoms with Gasteiger partial charge < -0.3 is 5.11 Å². The Hall–Kier alpha value is -2.87.